The third-order valence-corrected chi connectivity index (χ3v) is 2.60. The molecule has 3 nitrogen and oxygen atoms in total. The van der Waals surface area contributed by atoms with E-state index >= 15 is 0 Å². The van der Waals surface area contributed by atoms with Crippen LogP contribution in [-0.4, -0.2) is 10.7 Å². The van der Waals surface area contributed by atoms with E-state index in [9.17, 15) is 0 Å². The van der Waals surface area contributed by atoms with Crippen molar-refractivity contribution in [2.24, 2.45) is 5.10 Å². The highest BCUT2D eigenvalue weighted by atomic mass is 32.1. The Morgan fingerprint density at radius 1 is 1.35 bits per heavy atom. The average molecular weight is 249 g/mol. The Bertz CT molecular complexity index is 450. The highest BCUT2D eigenvalue weighted by Gasteiger charge is 2.06. The molecule has 0 aliphatic heterocycles. The molecule has 0 saturated carbocycles. The third-order valence-electron chi connectivity index (χ3n) is 2.51. The number of hydrazone groups is 1. The largest absolute Gasteiger partial charge is 0.398 e. The topological polar surface area (TPSA) is 50.4 Å². The molecule has 0 heterocycles. The minimum atomic E-state index is 0.406. The normalized spacial score (nSPS) is 11.7. The molecule has 3 N–H and O–H groups in total. The molecule has 0 atom stereocenters. The number of nitrogens with one attached hydrogen (secondary N) is 1. The van der Waals surface area contributed by atoms with Gasteiger partial charge in [-0.2, -0.15) is 5.10 Å². The molecule has 0 amide bonds. The fraction of sp³-hybridized carbons (Fsp3) is 0.385. The molecule has 0 fully saturated rings. The van der Waals surface area contributed by atoms with Crippen molar-refractivity contribution in [1.82, 2.24) is 5.43 Å². The van der Waals surface area contributed by atoms with Crippen LogP contribution in [0.25, 0.3) is 0 Å². The second kappa shape index (κ2) is 5.77. The lowest BCUT2D eigenvalue weighted by atomic mass is 9.97. The predicted molar refractivity (Wildman–Crippen MR) is 78.6 cm³/mol. The van der Waals surface area contributed by atoms with E-state index in [2.05, 4.69) is 30.4 Å². The zero-order chi connectivity index (χ0) is 13.0. The third kappa shape index (κ3) is 3.82. The second-order valence-electron chi connectivity index (χ2n) is 4.36. The van der Waals surface area contributed by atoms with Gasteiger partial charge in [0.05, 0.1) is 10.7 Å². The number of hydrogen-bond donors (Lipinski definition) is 2. The molecular formula is C13H19N3S. The van der Waals surface area contributed by atoms with Crippen LogP contribution in [0, 0.1) is 0 Å². The van der Waals surface area contributed by atoms with Gasteiger partial charge < -0.3 is 5.73 Å². The monoisotopic (exact) mass is 249 g/mol. The lowest BCUT2D eigenvalue weighted by Crippen LogP contribution is -2.13. The van der Waals surface area contributed by atoms with Gasteiger partial charge in [0.15, 0.2) is 0 Å². The van der Waals surface area contributed by atoms with Crippen LogP contribution in [0.2, 0.25) is 0 Å². The van der Waals surface area contributed by atoms with Gasteiger partial charge in [0.25, 0.3) is 0 Å². The standard InChI is InChI=1S/C13H19N3S/c1-8(2)12-7-11(5-6-13(12)14)9(3)15-16-10(4)17/h5-8H,14H2,1-4H3,(H,16,17)/b15-9+. The Labute approximate surface area is 108 Å². The maximum atomic E-state index is 5.94. The quantitative estimate of drug-likeness (QED) is 0.375. The fourth-order valence-corrected chi connectivity index (χ4v) is 1.57. The molecule has 0 unspecified atom stereocenters. The molecule has 17 heavy (non-hydrogen) atoms. The lowest BCUT2D eigenvalue weighted by Gasteiger charge is -2.11. The van der Waals surface area contributed by atoms with E-state index in [1.807, 2.05) is 19.1 Å². The first-order valence-corrected chi connectivity index (χ1v) is 6.03. The molecule has 0 aliphatic rings. The van der Waals surface area contributed by atoms with Crippen molar-refractivity contribution in [3.8, 4) is 0 Å². The second-order valence-corrected chi connectivity index (χ2v) is 4.98. The van der Waals surface area contributed by atoms with Crippen molar-refractivity contribution in [2.75, 3.05) is 5.73 Å². The number of nitrogens with two attached hydrogens (primary N) is 1. The van der Waals surface area contributed by atoms with Crippen LogP contribution in [0.4, 0.5) is 5.69 Å². The van der Waals surface area contributed by atoms with Crippen LogP contribution in [0.3, 0.4) is 0 Å². The summed E-state index contributed by atoms with van der Waals surface area (Å²) in [5.74, 6) is 0.406. The first kappa shape index (κ1) is 13.6. The summed E-state index contributed by atoms with van der Waals surface area (Å²) in [5, 5.41) is 4.21. The van der Waals surface area contributed by atoms with E-state index in [1.165, 1.54) is 0 Å². The van der Waals surface area contributed by atoms with Crippen molar-refractivity contribution in [2.45, 2.75) is 33.6 Å². The zero-order valence-corrected chi connectivity index (χ0v) is 11.6. The van der Waals surface area contributed by atoms with Gasteiger partial charge in [0.1, 0.15) is 0 Å². The van der Waals surface area contributed by atoms with Crippen LogP contribution in [0.5, 0.6) is 0 Å². The Balaban J connectivity index is 3.03. The average Bonchev–Trinajstić information content (AvgIpc) is 2.26. The molecule has 1 aromatic rings. The van der Waals surface area contributed by atoms with E-state index in [-0.39, 0.29) is 0 Å². The van der Waals surface area contributed by atoms with E-state index in [0.29, 0.717) is 10.9 Å². The lowest BCUT2D eigenvalue weighted by molar-refractivity contribution is 0.869. The summed E-state index contributed by atoms with van der Waals surface area (Å²) >= 11 is 4.91. The number of thiocarbonyl (C=S) groups is 1. The van der Waals surface area contributed by atoms with Crippen molar-refractivity contribution in [3.63, 3.8) is 0 Å². The molecule has 0 saturated heterocycles. The Hall–Kier alpha value is -1.42. The molecule has 1 aromatic carbocycles. The maximum Gasteiger partial charge on any atom is 0.0930 e. The molecule has 0 aliphatic carbocycles. The number of hydrogen-bond acceptors (Lipinski definition) is 3. The van der Waals surface area contributed by atoms with Crippen molar-refractivity contribution in [3.05, 3.63) is 29.3 Å². The zero-order valence-electron chi connectivity index (χ0n) is 10.7. The highest BCUT2D eigenvalue weighted by molar-refractivity contribution is 7.80. The SMILES string of the molecule is CC(=S)N/N=C(\C)c1ccc(N)c(C(C)C)c1. The molecule has 0 spiro atoms. The van der Waals surface area contributed by atoms with Crippen LogP contribution in [0.1, 0.15) is 44.7 Å². The Morgan fingerprint density at radius 3 is 2.53 bits per heavy atom. The summed E-state index contributed by atoms with van der Waals surface area (Å²) in [6.45, 7) is 8.00. The summed E-state index contributed by atoms with van der Waals surface area (Å²) in [6.07, 6.45) is 0. The minimum absolute atomic E-state index is 0.406. The Morgan fingerprint density at radius 2 is 2.00 bits per heavy atom. The van der Waals surface area contributed by atoms with Gasteiger partial charge in [-0.1, -0.05) is 32.1 Å². The number of anilines is 1. The smallest absolute Gasteiger partial charge is 0.0930 e. The number of benzene rings is 1. The summed E-state index contributed by atoms with van der Waals surface area (Å²) < 4.78 is 0. The molecule has 1 rings (SSSR count). The number of nitrogen functional groups attached to an aromatic ring is 1. The van der Waals surface area contributed by atoms with Gasteiger partial charge in [-0.25, -0.2) is 0 Å². The summed E-state index contributed by atoms with van der Waals surface area (Å²) in [7, 11) is 0. The first-order valence-electron chi connectivity index (χ1n) is 5.62. The van der Waals surface area contributed by atoms with E-state index in [4.69, 9.17) is 18.0 Å². The fourth-order valence-electron chi connectivity index (χ4n) is 1.53. The van der Waals surface area contributed by atoms with Crippen molar-refractivity contribution in [1.29, 1.82) is 0 Å². The van der Waals surface area contributed by atoms with Gasteiger partial charge in [-0.15, -0.1) is 0 Å². The van der Waals surface area contributed by atoms with Gasteiger partial charge in [-0.05, 0) is 43.0 Å². The predicted octanol–water partition coefficient (Wildman–Crippen LogP) is 3.05. The number of rotatable bonds is 3. The minimum Gasteiger partial charge on any atom is -0.398 e. The van der Waals surface area contributed by atoms with Gasteiger partial charge >= 0.3 is 0 Å². The van der Waals surface area contributed by atoms with E-state index in [0.717, 1.165) is 22.5 Å². The van der Waals surface area contributed by atoms with Crippen LogP contribution < -0.4 is 11.2 Å². The van der Waals surface area contributed by atoms with Gasteiger partial charge in [0.2, 0.25) is 0 Å². The van der Waals surface area contributed by atoms with Crippen LogP contribution >= 0.6 is 12.2 Å². The molecule has 92 valence electrons. The summed E-state index contributed by atoms with van der Waals surface area (Å²) in [5.41, 5.74) is 12.7. The van der Waals surface area contributed by atoms with Gasteiger partial charge in [0, 0.05) is 5.69 Å². The molecule has 0 aromatic heterocycles. The van der Waals surface area contributed by atoms with Crippen LogP contribution in [0.15, 0.2) is 23.3 Å². The molecule has 0 bridgehead atoms. The maximum absolute atomic E-state index is 5.94. The summed E-state index contributed by atoms with van der Waals surface area (Å²) in [4.78, 5) is 0.656. The van der Waals surface area contributed by atoms with E-state index < -0.39 is 0 Å². The first-order chi connectivity index (χ1) is 7.91. The van der Waals surface area contributed by atoms with E-state index in [1.54, 1.807) is 6.92 Å². The Kier molecular flexibility index (Phi) is 4.63. The van der Waals surface area contributed by atoms with Crippen LogP contribution in [-0.2, 0) is 0 Å². The van der Waals surface area contributed by atoms with Gasteiger partial charge in [-0.3, -0.25) is 5.43 Å². The molecule has 4 heteroatoms. The van der Waals surface area contributed by atoms with Crippen molar-refractivity contribution < 1.29 is 0 Å². The summed E-state index contributed by atoms with van der Waals surface area (Å²) in [6, 6.07) is 5.98. The van der Waals surface area contributed by atoms with Crippen molar-refractivity contribution >= 4 is 28.6 Å². The highest BCUT2D eigenvalue weighted by Crippen LogP contribution is 2.23. The number of nitrogens with zero attached hydrogens (tertiary/aromatic N) is 1. The molecular weight excluding hydrogens is 230 g/mol. The molecule has 0 radical (unpaired) electrons.